The number of aliphatic hydroxyl groups excluding tert-OH is 1. The number of hydrogen-bond acceptors (Lipinski definition) is 5. The van der Waals surface area contributed by atoms with Gasteiger partial charge < -0.3 is 10.0 Å². The zero-order chi connectivity index (χ0) is 18.7. The van der Waals surface area contributed by atoms with Crippen LogP contribution in [0.15, 0.2) is 35.2 Å². The van der Waals surface area contributed by atoms with Gasteiger partial charge in [-0.05, 0) is 37.2 Å². The zero-order valence-electron chi connectivity index (χ0n) is 14.6. The summed E-state index contributed by atoms with van der Waals surface area (Å²) in [5.74, 6) is 0.0509. The second-order valence-corrected chi connectivity index (χ2v) is 8.06. The van der Waals surface area contributed by atoms with Gasteiger partial charge in [0, 0.05) is 13.0 Å². The third-order valence-electron chi connectivity index (χ3n) is 4.49. The molecule has 1 aliphatic rings. The van der Waals surface area contributed by atoms with Gasteiger partial charge in [0.15, 0.2) is 0 Å². The normalized spacial score (nSPS) is 14.3. The van der Waals surface area contributed by atoms with Crippen molar-refractivity contribution in [1.82, 2.24) is 19.4 Å². The van der Waals surface area contributed by atoms with E-state index in [0.29, 0.717) is 38.2 Å². The van der Waals surface area contributed by atoms with Gasteiger partial charge in [0.05, 0.1) is 36.0 Å². The first-order chi connectivity index (χ1) is 12.4. The second-order valence-electron chi connectivity index (χ2n) is 6.18. The fourth-order valence-corrected chi connectivity index (χ4v) is 3.71. The van der Waals surface area contributed by atoms with E-state index in [0.717, 1.165) is 11.3 Å². The van der Waals surface area contributed by atoms with E-state index < -0.39 is 10.0 Å². The topological polar surface area (TPSA) is 105 Å². The molecule has 26 heavy (non-hydrogen) atoms. The first-order valence-corrected chi connectivity index (χ1v) is 9.88. The number of nitrogens with zero attached hydrogens (tertiary/aromatic N) is 3. The van der Waals surface area contributed by atoms with E-state index in [2.05, 4.69) is 9.82 Å². The zero-order valence-corrected chi connectivity index (χ0v) is 15.4. The third kappa shape index (κ3) is 3.95. The Hall–Kier alpha value is -2.23. The van der Waals surface area contributed by atoms with Crippen LogP contribution in [0.4, 0.5) is 0 Å². The van der Waals surface area contributed by atoms with Gasteiger partial charge in [0.2, 0.25) is 15.9 Å². The number of aryl methyl sites for hydroxylation is 1. The van der Waals surface area contributed by atoms with Gasteiger partial charge >= 0.3 is 0 Å². The molecule has 140 valence electrons. The van der Waals surface area contributed by atoms with E-state index in [9.17, 15) is 13.2 Å². The molecule has 0 saturated carbocycles. The molecule has 1 aromatic carbocycles. The van der Waals surface area contributed by atoms with Crippen molar-refractivity contribution in [2.75, 3.05) is 13.6 Å². The fourth-order valence-electron chi connectivity index (χ4n) is 2.98. The summed E-state index contributed by atoms with van der Waals surface area (Å²) in [5.41, 5.74) is 2.46. The van der Waals surface area contributed by atoms with Crippen molar-refractivity contribution in [2.24, 2.45) is 0 Å². The highest BCUT2D eigenvalue weighted by Gasteiger charge is 2.22. The molecular weight excluding hydrogens is 356 g/mol. The van der Waals surface area contributed by atoms with E-state index in [-0.39, 0.29) is 17.4 Å². The van der Waals surface area contributed by atoms with E-state index in [1.54, 1.807) is 29.2 Å². The lowest BCUT2D eigenvalue weighted by molar-refractivity contribution is -0.132. The van der Waals surface area contributed by atoms with Crippen molar-refractivity contribution >= 4 is 15.9 Å². The quantitative estimate of drug-likeness (QED) is 0.750. The van der Waals surface area contributed by atoms with Gasteiger partial charge in [0.25, 0.3) is 0 Å². The number of aliphatic hydroxyl groups is 1. The molecule has 0 spiro atoms. The van der Waals surface area contributed by atoms with Crippen LogP contribution in [0.2, 0.25) is 0 Å². The molecule has 2 heterocycles. The summed E-state index contributed by atoms with van der Waals surface area (Å²) in [6, 6.07) is 8.37. The number of hydrogen-bond donors (Lipinski definition) is 2. The van der Waals surface area contributed by atoms with Crippen molar-refractivity contribution in [1.29, 1.82) is 0 Å². The Bertz CT molecular complexity index is 890. The summed E-state index contributed by atoms with van der Waals surface area (Å²) in [6.07, 6.45) is 0.912. The van der Waals surface area contributed by atoms with Crippen LogP contribution >= 0.6 is 0 Å². The largest absolute Gasteiger partial charge is 0.390 e. The summed E-state index contributed by atoms with van der Waals surface area (Å²) in [6.45, 7) is 1.60. The second kappa shape index (κ2) is 7.56. The maximum absolute atomic E-state index is 12.5. The van der Waals surface area contributed by atoms with Gasteiger partial charge in [-0.1, -0.05) is 12.1 Å². The molecule has 0 aliphatic carbocycles. The molecule has 2 aromatic rings. The van der Waals surface area contributed by atoms with Crippen LogP contribution in [-0.2, 0) is 40.9 Å². The minimum atomic E-state index is -3.44. The predicted octanol–water partition coefficient (Wildman–Crippen LogP) is 0.259. The molecule has 2 N–H and O–H groups in total. The maximum Gasteiger partial charge on any atom is 0.240 e. The number of fused-ring (bicyclic) bond motifs is 1. The van der Waals surface area contributed by atoms with Gasteiger partial charge in [-0.2, -0.15) is 5.10 Å². The molecule has 0 unspecified atom stereocenters. The number of aromatic nitrogens is 2. The number of nitrogens with one attached hydrogen (secondary N) is 1. The molecule has 8 nitrogen and oxygen atoms in total. The van der Waals surface area contributed by atoms with Crippen LogP contribution in [0, 0.1) is 0 Å². The van der Waals surface area contributed by atoms with E-state index in [1.807, 2.05) is 10.7 Å². The van der Waals surface area contributed by atoms with Crippen molar-refractivity contribution in [3.8, 4) is 0 Å². The summed E-state index contributed by atoms with van der Waals surface area (Å²) >= 11 is 0. The minimum Gasteiger partial charge on any atom is -0.390 e. The fraction of sp³-hybridized carbons (Fsp3) is 0.412. The van der Waals surface area contributed by atoms with E-state index in [1.165, 1.54) is 7.05 Å². The van der Waals surface area contributed by atoms with Gasteiger partial charge in [-0.25, -0.2) is 13.1 Å². The highest BCUT2D eigenvalue weighted by atomic mass is 32.2. The lowest BCUT2D eigenvalue weighted by Crippen LogP contribution is -2.38. The minimum absolute atomic E-state index is 0.0509. The molecule has 9 heteroatoms. The number of amides is 1. The smallest absolute Gasteiger partial charge is 0.240 e. The molecule has 1 aliphatic heterocycles. The van der Waals surface area contributed by atoms with Crippen molar-refractivity contribution in [3.63, 3.8) is 0 Å². The highest BCUT2D eigenvalue weighted by molar-refractivity contribution is 7.89. The molecule has 0 bridgehead atoms. The summed E-state index contributed by atoms with van der Waals surface area (Å²) < 4.78 is 27.5. The van der Waals surface area contributed by atoms with Crippen LogP contribution in [0.5, 0.6) is 0 Å². The molecule has 0 atom stereocenters. The molecule has 0 saturated heterocycles. The molecular formula is C17H22N4O4S. The van der Waals surface area contributed by atoms with Crippen LogP contribution in [-0.4, -0.2) is 47.7 Å². The van der Waals surface area contributed by atoms with Crippen molar-refractivity contribution in [3.05, 3.63) is 47.3 Å². The lowest BCUT2D eigenvalue weighted by Gasteiger charge is -2.27. The molecule has 1 aromatic heterocycles. The van der Waals surface area contributed by atoms with E-state index >= 15 is 0 Å². The van der Waals surface area contributed by atoms with Gasteiger partial charge in [-0.3, -0.25) is 9.48 Å². The Balaban J connectivity index is 1.57. The Kier molecular flexibility index (Phi) is 5.40. The molecule has 3 rings (SSSR count). The predicted molar refractivity (Wildman–Crippen MR) is 94.6 cm³/mol. The van der Waals surface area contributed by atoms with Gasteiger partial charge in [-0.15, -0.1) is 0 Å². The van der Waals surface area contributed by atoms with Crippen molar-refractivity contribution < 1.29 is 18.3 Å². The number of benzene rings is 1. The standard InChI is InChI=1S/C17H22N4O4S/c1-18-26(24,25)16-5-2-13(3-6-16)4-7-17(23)20-8-9-21-15(11-20)10-14(12-22)19-21/h2-3,5-6,10,18,22H,4,7-9,11-12H2,1H3. The molecule has 1 amide bonds. The lowest BCUT2D eigenvalue weighted by atomic mass is 10.1. The maximum atomic E-state index is 12.5. The number of sulfonamides is 1. The molecule has 0 fully saturated rings. The van der Waals surface area contributed by atoms with E-state index in [4.69, 9.17) is 5.11 Å². The average Bonchev–Trinajstić information content (AvgIpc) is 3.08. The average molecular weight is 378 g/mol. The number of carbonyl (C=O) groups excluding carboxylic acids is 1. The van der Waals surface area contributed by atoms with Crippen LogP contribution < -0.4 is 4.72 Å². The Morgan fingerprint density at radius 1 is 1.27 bits per heavy atom. The number of rotatable bonds is 6. The van der Waals surface area contributed by atoms with Crippen LogP contribution in [0.3, 0.4) is 0 Å². The summed E-state index contributed by atoms with van der Waals surface area (Å²) in [7, 11) is -2.07. The van der Waals surface area contributed by atoms with Crippen molar-refractivity contribution in [2.45, 2.75) is 37.4 Å². The highest BCUT2D eigenvalue weighted by Crippen LogP contribution is 2.16. The van der Waals surface area contributed by atoms with Gasteiger partial charge in [0.1, 0.15) is 0 Å². The SMILES string of the molecule is CNS(=O)(=O)c1ccc(CCC(=O)N2CCn3nc(CO)cc3C2)cc1. The Labute approximate surface area is 152 Å². The van der Waals surface area contributed by atoms with Crippen LogP contribution in [0.1, 0.15) is 23.4 Å². The summed E-state index contributed by atoms with van der Waals surface area (Å²) in [4.78, 5) is 14.5. The first kappa shape index (κ1) is 18.6. The first-order valence-electron chi connectivity index (χ1n) is 8.39. The van der Waals surface area contributed by atoms with Crippen LogP contribution in [0.25, 0.3) is 0 Å². The Morgan fingerprint density at radius 2 is 2.00 bits per heavy atom. The third-order valence-corrected chi connectivity index (χ3v) is 5.92. The Morgan fingerprint density at radius 3 is 2.65 bits per heavy atom. The number of carbonyl (C=O) groups is 1. The summed E-state index contributed by atoms with van der Waals surface area (Å²) in [5, 5.41) is 13.4. The monoisotopic (exact) mass is 378 g/mol. The molecule has 0 radical (unpaired) electrons.